The van der Waals surface area contributed by atoms with E-state index in [2.05, 4.69) is 4.99 Å². The molecule has 0 fully saturated rings. The largest absolute Gasteiger partial charge is 0.463 e. The molecular formula is C22H20N2O3S2. The van der Waals surface area contributed by atoms with Crippen LogP contribution >= 0.6 is 22.7 Å². The first kappa shape index (κ1) is 19.5. The molecule has 3 heterocycles. The Morgan fingerprint density at radius 1 is 1.24 bits per heavy atom. The number of carbonyl (C=O) groups is 1. The smallest absolute Gasteiger partial charge is 0.338 e. The van der Waals surface area contributed by atoms with E-state index in [0.29, 0.717) is 20.6 Å². The zero-order valence-electron chi connectivity index (χ0n) is 16.3. The van der Waals surface area contributed by atoms with Crippen molar-refractivity contribution < 1.29 is 9.53 Å². The first-order valence-electron chi connectivity index (χ1n) is 9.29. The van der Waals surface area contributed by atoms with Crippen molar-refractivity contribution in [2.75, 3.05) is 6.61 Å². The summed E-state index contributed by atoms with van der Waals surface area (Å²) in [4.78, 5) is 32.1. The molecule has 0 aliphatic carbocycles. The molecule has 0 radical (unpaired) electrons. The maximum Gasteiger partial charge on any atom is 0.338 e. The number of thiophene rings is 1. The molecule has 5 nitrogen and oxygen atoms in total. The number of aromatic nitrogens is 1. The highest BCUT2D eigenvalue weighted by Crippen LogP contribution is 2.33. The lowest BCUT2D eigenvalue weighted by Crippen LogP contribution is -2.39. The highest BCUT2D eigenvalue weighted by Gasteiger charge is 2.33. The second-order valence-electron chi connectivity index (χ2n) is 6.73. The average molecular weight is 425 g/mol. The van der Waals surface area contributed by atoms with Crippen molar-refractivity contribution in [2.24, 2.45) is 4.99 Å². The van der Waals surface area contributed by atoms with Crippen molar-refractivity contribution in [3.05, 3.63) is 88.7 Å². The van der Waals surface area contributed by atoms with Gasteiger partial charge >= 0.3 is 5.97 Å². The van der Waals surface area contributed by atoms with Gasteiger partial charge in [-0.15, -0.1) is 11.3 Å². The molecule has 0 amide bonds. The number of carbonyl (C=O) groups excluding carboxylic acids is 1. The summed E-state index contributed by atoms with van der Waals surface area (Å²) >= 11 is 2.85. The summed E-state index contributed by atoms with van der Waals surface area (Å²) in [6, 6.07) is 11.3. The molecule has 1 aliphatic heterocycles. The van der Waals surface area contributed by atoms with Crippen molar-refractivity contribution in [1.82, 2.24) is 4.57 Å². The molecule has 2 aromatic heterocycles. The van der Waals surface area contributed by atoms with E-state index >= 15 is 0 Å². The molecule has 29 heavy (non-hydrogen) atoms. The second-order valence-corrected chi connectivity index (χ2v) is 8.72. The summed E-state index contributed by atoms with van der Waals surface area (Å²) in [5, 5.41) is 1.94. The Morgan fingerprint density at radius 3 is 2.66 bits per heavy atom. The van der Waals surface area contributed by atoms with Crippen molar-refractivity contribution in [2.45, 2.75) is 26.8 Å². The van der Waals surface area contributed by atoms with Gasteiger partial charge in [0.15, 0.2) is 4.80 Å². The van der Waals surface area contributed by atoms with Crippen LogP contribution in [-0.4, -0.2) is 17.1 Å². The summed E-state index contributed by atoms with van der Waals surface area (Å²) < 4.78 is 7.49. The monoisotopic (exact) mass is 424 g/mol. The minimum Gasteiger partial charge on any atom is -0.463 e. The number of esters is 1. The maximum absolute atomic E-state index is 13.3. The number of rotatable bonds is 4. The van der Waals surface area contributed by atoms with Crippen LogP contribution in [0.5, 0.6) is 0 Å². The van der Waals surface area contributed by atoms with E-state index in [1.165, 1.54) is 22.7 Å². The Labute approximate surface area is 175 Å². The van der Waals surface area contributed by atoms with Crippen LogP contribution in [0.25, 0.3) is 6.08 Å². The van der Waals surface area contributed by atoms with Gasteiger partial charge in [-0.25, -0.2) is 9.79 Å². The molecule has 0 N–H and O–H groups in total. The number of allylic oxidation sites excluding steroid dienone is 1. The fraction of sp³-hybridized carbons (Fsp3) is 0.227. The molecule has 0 bridgehead atoms. The van der Waals surface area contributed by atoms with Crippen LogP contribution in [0.2, 0.25) is 0 Å². The Morgan fingerprint density at radius 2 is 2.00 bits per heavy atom. The lowest BCUT2D eigenvalue weighted by molar-refractivity contribution is -0.139. The van der Waals surface area contributed by atoms with Gasteiger partial charge in [-0.1, -0.05) is 47.2 Å². The normalized spacial score (nSPS) is 16.5. The third-order valence-electron chi connectivity index (χ3n) is 4.70. The van der Waals surface area contributed by atoms with E-state index in [9.17, 15) is 9.59 Å². The lowest BCUT2D eigenvalue weighted by Gasteiger charge is -2.23. The predicted molar refractivity (Wildman–Crippen MR) is 116 cm³/mol. The SMILES string of the molecule is CCOC(=O)C1=C(C)N=c2sc(=Cc3ccc(C)cc3)c(=O)n2C1c1cccs1. The van der Waals surface area contributed by atoms with Crippen LogP contribution < -0.4 is 14.9 Å². The van der Waals surface area contributed by atoms with Crippen LogP contribution in [0.15, 0.2) is 62.8 Å². The van der Waals surface area contributed by atoms with Crippen molar-refractivity contribution >= 4 is 34.7 Å². The molecule has 4 rings (SSSR count). The standard InChI is InChI=1S/C22H20N2O3S2/c1-4-27-21(26)18-14(3)23-22-24(19(18)16-6-5-11-28-16)20(25)17(29-22)12-15-9-7-13(2)8-10-15/h5-12,19H,4H2,1-3H3. The molecule has 3 aromatic rings. The number of aryl methyl sites for hydroxylation is 1. The molecule has 148 valence electrons. The van der Waals surface area contributed by atoms with Crippen molar-refractivity contribution in [1.29, 1.82) is 0 Å². The first-order valence-corrected chi connectivity index (χ1v) is 11.0. The molecule has 1 aliphatic rings. The van der Waals surface area contributed by atoms with Crippen molar-refractivity contribution in [3.8, 4) is 0 Å². The zero-order valence-corrected chi connectivity index (χ0v) is 18.0. The van der Waals surface area contributed by atoms with Crippen LogP contribution in [0.1, 0.15) is 35.9 Å². The zero-order chi connectivity index (χ0) is 20.5. The molecule has 1 unspecified atom stereocenters. The topological polar surface area (TPSA) is 60.7 Å². The summed E-state index contributed by atoms with van der Waals surface area (Å²) in [5.41, 5.74) is 2.97. The molecule has 1 atom stereocenters. The molecular weight excluding hydrogens is 404 g/mol. The van der Waals surface area contributed by atoms with Gasteiger partial charge in [0.2, 0.25) is 0 Å². The molecule has 1 aromatic carbocycles. The van der Waals surface area contributed by atoms with Crippen molar-refractivity contribution in [3.63, 3.8) is 0 Å². The highest BCUT2D eigenvalue weighted by atomic mass is 32.1. The lowest BCUT2D eigenvalue weighted by atomic mass is 10.0. The van der Waals surface area contributed by atoms with Gasteiger partial charge in [0.25, 0.3) is 5.56 Å². The van der Waals surface area contributed by atoms with Gasteiger partial charge in [0.05, 0.1) is 22.4 Å². The van der Waals surface area contributed by atoms with Crippen LogP contribution in [0.3, 0.4) is 0 Å². The van der Waals surface area contributed by atoms with Gasteiger partial charge < -0.3 is 4.74 Å². The fourth-order valence-corrected chi connectivity index (χ4v) is 5.19. The fourth-order valence-electron chi connectivity index (χ4n) is 3.32. The van der Waals surface area contributed by atoms with Crippen LogP contribution in [0.4, 0.5) is 0 Å². The molecule has 0 saturated heterocycles. The van der Waals surface area contributed by atoms with E-state index in [1.54, 1.807) is 18.4 Å². The average Bonchev–Trinajstić information content (AvgIpc) is 3.32. The second kappa shape index (κ2) is 7.93. The van der Waals surface area contributed by atoms with Gasteiger partial charge in [0, 0.05) is 4.88 Å². The Kier molecular flexibility index (Phi) is 5.34. The number of hydrogen-bond donors (Lipinski definition) is 0. The minimum atomic E-state index is -0.523. The van der Waals surface area contributed by atoms with E-state index in [-0.39, 0.29) is 12.2 Å². The maximum atomic E-state index is 13.3. The number of fused-ring (bicyclic) bond motifs is 1. The number of nitrogens with zero attached hydrogens (tertiary/aromatic N) is 2. The predicted octanol–water partition coefficient (Wildman–Crippen LogP) is 3.17. The summed E-state index contributed by atoms with van der Waals surface area (Å²) in [6.07, 6.45) is 1.87. The first-order chi connectivity index (χ1) is 14.0. The summed E-state index contributed by atoms with van der Waals surface area (Å²) in [5.74, 6) is -0.431. The summed E-state index contributed by atoms with van der Waals surface area (Å²) in [6.45, 7) is 5.86. The third-order valence-corrected chi connectivity index (χ3v) is 6.61. The van der Waals surface area contributed by atoms with E-state index in [4.69, 9.17) is 4.74 Å². The molecule has 0 saturated carbocycles. The minimum absolute atomic E-state index is 0.151. The Bertz CT molecular complexity index is 1260. The van der Waals surface area contributed by atoms with Crippen LogP contribution in [-0.2, 0) is 9.53 Å². The van der Waals surface area contributed by atoms with E-state index in [1.807, 2.05) is 54.8 Å². The van der Waals surface area contributed by atoms with Gasteiger partial charge in [-0.2, -0.15) is 0 Å². The van der Waals surface area contributed by atoms with Gasteiger partial charge in [0.1, 0.15) is 6.04 Å². The van der Waals surface area contributed by atoms with Crippen LogP contribution in [0, 0.1) is 6.92 Å². The van der Waals surface area contributed by atoms with E-state index in [0.717, 1.165) is 16.0 Å². The Balaban J connectivity index is 1.93. The molecule has 0 spiro atoms. The molecule has 7 heteroatoms. The Hall–Kier alpha value is -2.77. The number of ether oxygens (including phenoxy) is 1. The third kappa shape index (κ3) is 3.63. The van der Waals surface area contributed by atoms with E-state index < -0.39 is 12.0 Å². The van der Waals surface area contributed by atoms with Gasteiger partial charge in [-0.3, -0.25) is 9.36 Å². The number of thiazole rings is 1. The highest BCUT2D eigenvalue weighted by molar-refractivity contribution is 7.10. The number of hydrogen-bond acceptors (Lipinski definition) is 6. The quantitative estimate of drug-likeness (QED) is 0.605. The summed E-state index contributed by atoms with van der Waals surface area (Å²) in [7, 11) is 0. The number of benzene rings is 1. The van der Waals surface area contributed by atoms with Gasteiger partial charge in [-0.05, 0) is 43.9 Å².